The van der Waals surface area contributed by atoms with Crippen LogP contribution in [-0.4, -0.2) is 97.5 Å². The fraction of sp³-hybridized carbons (Fsp3) is 0.755. The summed E-state index contributed by atoms with van der Waals surface area (Å²) in [7, 11) is -5.07. The minimum atomic E-state index is -5.07. The van der Waals surface area contributed by atoms with E-state index in [1.807, 2.05) is 0 Å². The second kappa shape index (κ2) is 43.8. The van der Waals surface area contributed by atoms with Crippen LogP contribution in [0.5, 0.6) is 0 Å². The van der Waals surface area contributed by atoms with Crippen molar-refractivity contribution in [2.75, 3.05) is 26.4 Å². The number of hydrogen-bond acceptors (Lipinski definition) is 11. The van der Waals surface area contributed by atoms with Crippen LogP contribution in [0, 0.1) is 0 Å². The van der Waals surface area contributed by atoms with E-state index in [9.17, 15) is 33.1 Å². The molecular weight excluding hydrogens is 861 g/mol. The van der Waals surface area contributed by atoms with Crippen LogP contribution in [0.2, 0.25) is 0 Å². The Morgan fingerprint density at radius 2 is 1.05 bits per heavy atom. The molecule has 1 fully saturated rings. The summed E-state index contributed by atoms with van der Waals surface area (Å²) in [4.78, 5) is 12.9. The van der Waals surface area contributed by atoms with E-state index in [0.29, 0.717) is 13.0 Å². The van der Waals surface area contributed by atoms with E-state index in [2.05, 4.69) is 90.9 Å². The van der Waals surface area contributed by atoms with Gasteiger partial charge in [-0.3, -0.25) is 9.35 Å². The number of carbonyl (C=O) groups excluding carboxylic acids is 1. The van der Waals surface area contributed by atoms with Crippen LogP contribution in [0.4, 0.5) is 0 Å². The molecule has 4 N–H and O–H groups in total. The lowest BCUT2D eigenvalue weighted by Crippen LogP contribution is -2.60. The van der Waals surface area contributed by atoms with Gasteiger partial charge in [0.1, 0.15) is 30.5 Å². The quantitative estimate of drug-likeness (QED) is 0.0197. The van der Waals surface area contributed by atoms with E-state index >= 15 is 0 Å². The number of hydrogen-bond donors (Lipinski definition) is 4. The standard InChI is InChI=1S/C53H92O12S/c1-3-5-7-9-11-13-15-17-18-19-20-21-22-23-24-25-26-27-28-29-31-33-35-37-39-41-43-61-45-47(46-62-53-51(57)52(65-66(58,59)60)50(56)48(44-54)64-53)63-49(55)42-40-38-36-34-32-30-16-14-12-10-8-6-4-2/h5,7,11,13-14,16-18,20-21,23-24,47-48,50-54,56-57H,3-4,6,8-10,12,15,19,22,25-46H2,1-2H3,(H,58,59,60)/b7-5-,13-11-,16-14-,18-17-,21-20-,24-23-. The molecule has 0 saturated carbocycles. The van der Waals surface area contributed by atoms with Crippen molar-refractivity contribution in [3.63, 3.8) is 0 Å². The minimum absolute atomic E-state index is 0.0265. The average Bonchev–Trinajstić information content (AvgIpc) is 3.29. The summed E-state index contributed by atoms with van der Waals surface area (Å²) in [6.07, 6.45) is 47.9. The van der Waals surface area contributed by atoms with Gasteiger partial charge in [-0.2, -0.15) is 8.42 Å². The minimum Gasteiger partial charge on any atom is -0.457 e. The first-order valence-electron chi connectivity index (χ1n) is 25.7. The molecule has 0 aliphatic carbocycles. The zero-order chi connectivity index (χ0) is 48.2. The van der Waals surface area contributed by atoms with Crippen LogP contribution in [0.25, 0.3) is 0 Å². The lowest BCUT2D eigenvalue weighted by molar-refractivity contribution is -0.301. The molecule has 66 heavy (non-hydrogen) atoms. The normalized spacial score (nSPS) is 20.1. The highest BCUT2D eigenvalue weighted by molar-refractivity contribution is 7.80. The molecule has 1 heterocycles. The van der Waals surface area contributed by atoms with Gasteiger partial charge in [0.25, 0.3) is 0 Å². The molecule has 0 aromatic rings. The molecule has 0 aromatic heterocycles. The number of aliphatic hydroxyl groups excluding tert-OH is 3. The molecule has 1 rings (SSSR count). The smallest absolute Gasteiger partial charge is 0.397 e. The third-order valence-corrected chi connectivity index (χ3v) is 11.8. The van der Waals surface area contributed by atoms with Crippen LogP contribution in [0.15, 0.2) is 72.9 Å². The van der Waals surface area contributed by atoms with Crippen molar-refractivity contribution in [2.45, 2.75) is 230 Å². The Kier molecular flexibility index (Phi) is 40.8. The molecule has 1 aliphatic rings. The van der Waals surface area contributed by atoms with Gasteiger partial charge in [-0.15, -0.1) is 0 Å². The topological polar surface area (TPSA) is 178 Å². The predicted molar refractivity (Wildman–Crippen MR) is 266 cm³/mol. The number of allylic oxidation sites excluding steroid dienone is 12. The molecule has 0 aromatic carbocycles. The zero-order valence-electron chi connectivity index (χ0n) is 41.0. The maximum Gasteiger partial charge on any atom is 0.397 e. The Labute approximate surface area is 401 Å². The average molecular weight is 953 g/mol. The third-order valence-electron chi connectivity index (χ3n) is 11.3. The summed E-state index contributed by atoms with van der Waals surface area (Å²) in [5.41, 5.74) is 0. The van der Waals surface area contributed by atoms with E-state index in [-0.39, 0.29) is 19.6 Å². The van der Waals surface area contributed by atoms with Crippen molar-refractivity contribution in [3.05, 3.63) is 72.9 Å². The molecule has 12 nitrogen and oxygen atoms in total. The van der Waals surface area contributed by atoms with Crippen molar-refractivity contribution >= 4 is 16.4 Å². The number of rotatable bonds is 44. The highest BCUT2D eigenvalue weighted by Crippen LogP contribution is 2.26. The summed E-state index contributed by atoms with van der Waals surface area (Å²) in [5.74, 6) is -0.412. The summed E-state index contributed by atoms with van der Waals surface area (Å²) in [5, 5.41) is 30.7. The Morgan fingerprint density at radius 3 is 1.55 bits per heavy atom. The first-order chi connectivity index (χ1) is 32.1. The molecule has 1 aliphatic heterocycles. The maximum absolute atomic E-state index is 12.9. The summed E-state index contributed by atoms with van der Waals surface area (Å²) >= 11 is 0. The number of carbonyl (C=O) groups is 1. The molecule has 0 amide bonds. The number of aliphatic hydroxyl groups is 3. The van der Waals surface area contributed by atoms with Gasteiger partial charge in [0.2, 0.25) is 0 Å². The lowest BCUT2D eigenvalue weighted by Gasteiger charge is -2.41. The van der Waals surface area contributed by atoms with E-state index in [4.69, 9.17) is 18.9 Å². The van der Waals surface area contributed by atoms with Crippen molar-refractivity contribution in [1.82, 2.24) is 0 Å². The number of esters is 1. The van der Waals surface area contributed by atoms with Gasteiger partial charge in [0, 0.05) is 13.0 Å². The highest BCUT2D eigenvalue weighted by atomic mass is 32.3. The second-order valence-corrected chi connectivity index (χ2v) is 18.4. The van der Waals surface area contributed by atoms with Gasteiger partial charge in [-0.05, 0) is 83.5 Å². The van der Waals surface area contributed by atoms with Crippen LogP contribution < -0.4 is 0 Å². The number of unbranched alkanes of at least 4 members (excludes halogenated alkanes) is 19. The summed E-state index contributed by atoms with van der Waals surface area (Å²) in [6, 6.07) is 0. The lowest BCUT2D eigenvalue weighted by atomic mass is 9.99. The molecule has 382 valence electrons. The van der Waals surface area contributed by atoms with E-state index in [1.54, 1.807) is 0 Å². The van der Waals surface area contributed by atoms with Gasteiger partial charge >= 0.3 is 16.4 Å². The van der Waals surface area contributed by atoms with Gasteiger partial charge in [0.15, 0.2) is 6.29 Å². The predicted octanol–water partition coefficient (Wildman–Crippen LogP) is 11.9. The van der Waals surface area contributed by atoms with Crippen LogP contribution in [0.3, 0.4) is 0 Å². The summed E-state index contributed by atoms with van der Waals surface area (Å²) < 4.78 is 59.2. The monoisotopic (exact) mass is 953 g/mol. The summed E-state index contributed by atoms with van der Waals surface area (Å²) in [6.45, 7) is 3.84. The number of ether oxygens (including phenoxy) is 4. The van der Waals surface area contributed by atoms with E-state index in [0.717, 1.165) is 96.3 Å². The fourth-order valence-electron chi connectivity index (χ4n) is 7.46. The van der Waals surface area contributed by atoms with E-state index in [1.165, 1.54) is 70.6 Å². The highest BCUT2D eigenvalue weighted by Gasteiger charge is 2.48. The second-order valence-electron chi connectivity index (χ2n) is 17.4. The van der Waals surface area contributed by atoms with E-state index < -0.39 is 59.8 Å². The van der Waals surface area contributed by atoms with Crippen molar-refractivity contribution in [1.29, 1.82) is 0 Å². The largest absolute Gasteiger partial charge is 0.457 e. The maximum atomic E-state index is 12.9. The van der Waals surface area contributed by atoms with Crippen molar-refractivity contribution < 1.29 is 56.2 Å². The van der Waals surface area contributed by atoms with Crippen LogP contribution >= 0.6 is 0 Å². The van der Waals surface area contributed by atoms with Crippen LogP contribution in [0.1, 0.15) is 194 Å². The van der Waals surface area contributed by atoms with Crippen molar-refractivity contribution in [3.8, 4) is 0 Å². The first kappa shape index (κ1) is 61.6. The zero-order valence-corrected chi connectivity index (χ0v) is 41.8. The molecule has 0 spiro atoms. The Morgan fingerprint density at radius 1 is 0.591 bits per heavy atom. The van der Waals surface area contributed by atoms with Crippen molar-refractivity contribution in [2.24, 2.45) is 0 Å². The molecule has 0 radical (unpaired) electrons. The Bertz CT molecular complexity index is 1420. The van der Waals surface area contributed by atoms with Gasteiger partial charge in [0.05, 0.1) is 19.8 Å². The van der Waals surface area contributed by atoms with Gasteiger partial charge in [-0.1, -0.05) is 177 Å². The Balaban J connectivity index is 2.32. The third kappa shape index (κ3) is 36.6. The first-order valence-corrected chi connectivity index (χ1v) is 27.1. The Hall–Kier alpha value is -2.46. The van der Waals surface area contributed by atoms with Gasteiger partial charge in [-0.25, -0.2) is 4.18 Å². The molecular formula is C53H92O12S. The SMILES string of the molecule is CC/C=C\C/C=C\C/C=C\C/C=C\C/C=C\CCCCCCCCCCCCOCC(COC1OC(CO)C(O)C(OS(=O)(=O)O)C1O)OC(=O)CCCCCCC/C=C\CCCCCC. The van der Waals surface area contributed by atoms with Crippen LogP contribution in [-0.2, 0) is 38.3 Å². The molecule has 6 unspecified atom stereocenters. The molecule has 6 atom stereocenters. The van der Waals surface area contributed by atoms with Gasteiger partial charge < -0.3 is 34.3 Å². The fourth-order valence-corrected chi connectivity index (χ4v) is 7.97. The molecule has 0 bridgehead atoms. The molecule has 13 heteroatoms. The molecule has 1 saturated heterocycles.